The largest absolute Gasteiger partial charge is 0.319 e. The lowest BCUT2D eigenvalue weighted by molar-refractivity contribution is 0.446. The first-order chi connectivity index (χ1) is 6.48. The van der Waals surface area contributed by atoms with E-state index in [-0.39, 0.29) is 5.25 Å². The number of nitrogens with zero attached hydrogens (tertiary/aromatic N) is 1. The van der Waals surface area contributed by atoms with Gasteiger partial charge in [-0.15, -0.1) is 0 Å². The number of sulfonamides is 1. The summed E-state index contributed by atoms with van der Waals surface area (Å²) in [4.78, 5) is 0. The van der Waals surface area contributed by atoms with Crippen LogP contribution in [0.15, 0.2) is 0 Å². The Kier molecular flexibility index (Phi) is 3.92. The first kappa shape index (κ1) is 11.9. The second-order valence-corrected chi connectivity index (χ2v) is 6.65. The van der Waals surface area contributed by atoms with Gasteiger partial charge in [-0.3, -0.25) is 0 Å². The first-order valence-corrected chi connectivity index (χ1v) is 6.62. The zero-order valence-corrected chi connectivity index (χ0v) is 9.97. The summed E-state index contributed by atoms with van der Waals surface area (Å²) in [7, 11) is -1.12. The highest BCUT2D eigenvalue weighted by Gasteiger charge is 2.32. The predicted octanol–water partition coefficient (Wildman–Crippen LogP) is 0.266. The predicted molar refractivity (Wildman–Crippen MR) is 57.7 cm³/mol. The second-order valence-electron chi connectivity index (χ2n) is 4.16. The summed E-state index contributed by atoms with van der Waals surface area (Å²) in [6.45, 7) is 5.75. The van der Waals surface area contributed by atoms with Gasteiger partial charge in [0.1, 0.15) is 0 Å². The first-order valence-electron chi connectivity index (χ1n) is 5.12. The molecule has 1 rings (SSSR count). The molecule has 1 N–H and O–H groups in total. The molecule has 1 aliphatic rings. The Labute approximate surface area is 86.7 Å². The van der Waals surface area contributed by atoms with Gasteiger partial charge in [0, 0.05) is 13.1 Å². The third-order valence-corrected chi connectivity index (χ3v) is 4.94. The van der Waals surface area contributed by atoms with Crippen molar-refractivity contribution < 1.29 is 8.42 Å². The molecule has 0 aromatic heterocycles. The molecule has 84 valence electrons. The quantitative estimate of drug-likeness (QED) is 0.739. The molecule has 1 unspecified atom stereocenters. The maximum absolute atomic E-state index is 11.8. The number of hydrogen-bond acceptors (Lipinski definition) is 3. The average Bonchev–Trinajstić information content (AvgIpc) is 2.53. The Morgan fingerprint density at radius 3 is 2.64 bits per heavy atom. The van der Waals surface area contributed by atoms with Crippen LogP contribution in [0.4, 0.5) is 0 Å². The van der Waals surface area contributed by atoms with Crippen LogP contribution in [0.5, 0.6) is 0 Å². The van der Waals surface area contributed by atoms with Gasteiger partial charge in [-0.05, 0) is 39.8 Å². The molecule has 0 saturated carbocycles. The molecule has 1 heterocycles. The molecule has 1 aliphatic heterocycles. The van der Waals surface area contributed by atoms with Gasteiger partial charge >= 0.3 is 0 Å². The maximum atomic E-state index is 11.8. The van der Waals surface area contributed by atoms with E-state index < -0.39 is 10.0 Å². The summed E-state index contributed by atoms with van der Waals surface area (Å²) in [6.07, 6.45) is 0.979. The van der Waals surface area contributed by atoms with E-state index in [1.54, 1.807) is 18.2 Å². The van der Waals surface area contributed by atoms with Crippen LogP contribution in [0.25, 0.3) is 0 Å². The molecule has 14 heavy (non-hydrogen) atoms. The topological polar surface area (TPSA) is 49.4 Å². The van der Waals surface area contributed by atoms with Crippen molar-refractivity contribution in [2.75, 3.05) is 26.7 Å². The molecule has 0 spiro atoms. The van der Waals surface area contributed by atoms with Crippen molar-refractivity contribution in [2.24, 2.45) is 5.92 Å². The third kappa shape index (κ3) is 2.46. The van der Waals surface area contributed by atoms with Crippen molar-refractivity contribution >= 4 is 10.0 Å². The van der Waals surface area contributed by atoms with Crippen LogP contribution in [0.2, 0.25) is 0 Å². The Hall–Kier alpha value is -0.130. The standard InChI is InChI=1S/C9H20N2O2S/c1-8(2)14(12,13)11-5-4-9(7-11)6-10-3/h8-10H,4-7H2,1-3H3. The Morgan fingerprint density at radius 1 is 1.50 bits per heavy atom. The fourth-order valence-electron chi connectivity index (χ4n) is 1.78. The number of hydrogen-bond donors (Lipinski definition) is 1. The van der Waals surface area contributed by atoms with Crippen LogP contribution >= 0.6 is 0 Å². The average molecular weight is 220 g/mol. The lowest BCUT2D eigenvalue weighted by Crippen LogP contribution is -2.35. The summed E-state index contributed by atoms with van der Waals surface area (Å²) in [5, 5.41) is 2.79. The fourth-order valence-corrected chi connectivity index (χ4v) is 3.16. The third-order valence-electron chi connectivity index (χ3n) is 2.70. The van der Waals surface area contributed by atoms with Crippen molar-refractivity contribution in [1.82, 2.24) is 9.62 Å². The molecular formula is C9H20N2O2S. The van der Waals surface area contributed by atoms with Crippen LogP contribution in [-0.4, -0.2) is 44.7 Å². The van der Waals surface area contributed by atoms with E-state index in [4.69, 9.17) is 0 Å². The lowest BCUT2D eigenvalue weighted by atomic mass is 10.1. The van der Waals surface area contributed by atoms with Crippen molar-refractivity contribution in [2.45, 2.75) is 25.5 Å². The summed E-state index contributed by atoms with van der Waals surface area (Å²) < 4.78 is 25.2. The highest BCUT2D eigenvalue weighted by molar-refractivity contribution is 7.89. The SMILES string of the molecule is CNCC1CCN(S(=O)(=O)C(C)C)C1. The minimum atomic E-state index is -3.02. The van der Waals surface area contributed by atoms with Crippen LogP contribution in [-0.2, 0) is 10.0 Å². The lowest BCUT2D eigenvalue weighted by Gasteiger charge is -2.18. The molecule has 1 fully saturated rings. The molecule has 5 heteroatoms. The minimum Gasteiger partial charge on any atom is -0.319 e. The van der Waals surface area contributed by atoms with Gasteiger partial charge in [-0.2, -0.15) is 0 Å². The molecule has 0 bridgehead atoms. The number of nitrogens with one attached hydrogen (secondary N) is 1. The normalized spacial score (nSPS) is 24.7. The van der Waals surface area contributed by atoms with E-state index >= 15 is 0 Å². The molecule has 1 saturated heterocycles. The summed E-state index contributed by atoms with van der Waals surface area (Å²) >= 11 is 0. The van der Waals surface area contributed by atoms with E-state index in [9.17, 15) is 8.42 Å². The molecule has 1 atom stereocenters. The van der Waals surface area contributed by atoms with Gasteiger partial charge in [0.25, 0.3) is 0 Å². The molecule has 0 aromatic rings. The molecule has 4 nitrogen and oxygen atoms in total. The van der Waals surface area contributed by atoms with Gasteiger partial charge in [-0.25, -0.2) is 12.7 Å². The molecule has 0 amide bonds. The minimum absolute atomic E-state index is 0.296. The van der Waals surface area contributed by atoms with E-state index in [1.807, 2.05) is 7.05 Å². The van der Waals surface area contributed by atoms with Gasteiger partial charge in [-0.1, -0.05) is 0 Å². The van der Waals surface area contributed by atoms with E-state index in [2.05, 4.69) is 5.32 Å². The van der Waals surface area contributed by atoms with Gasteiger partial charge in [0.2, 0.25) is 10.0 Å². The number of rotatable bonds is 4. The Bertz CT molecular complexity index is 275. The van der Waals surface area contributed by atoms with Crippen LogP contribution in [0.1, 0.15) is 20.3 Å². The smallest absolute Gasteiger partial charge is 0.216 e. The Morgan fingerprint density at radius 2 is 2.14 bits per heavy atom. The Balaban J connectivity index is 2.58. The second kappa shape index (κ2) is 4.59. The molecule has 0 aromatic carbocycles. The summed E-state index contributed by atoms with van der Waals surface area (Å²) in [6, 6.07) is 0. The van der Waals surface area contributed by atoms with Crippen molar-refractivity contribution in [3.63, 3.8) is 0 Å². The monoisotopic (exact) mass is 220 g/mol. The highest BCUT2D eigenvalue weighted by atomic mass is 32.2. The van der Waals surface area contributed by atoms with Crippen LogP contribution in [0.3, 0.4) is 0 Å². The highest BCUT2D eigenvalue weighted by Crippen LogP contribution is 2.20. The van der Waals surface area contributed by atoms with Crippen molar-refractivity contribution in [1.29, 1.82) is 0 Å². The zero-order valence-electron chi connectivity index (χ0n) is 9.16. The van der Waals surface area contributed by atoms with Crippen LogP contribution < -0.4 is 5.32 Å². The van der Waals surface area contributed by atoms with E-state index in [0.717, 1.165) is 13.0 Å². The maximum Gasteiger partial charge on any atom is 0.216 e. The van der Waals surface area contributed by atoms with Gasteiger partial charge < -0.3 is 5.32 Å². The fraction of sp³-hybridized carbons (Fsp3) is 1.00. The van der Waals surface area contributed by atoms with E-state index in [0.29, 0.717) is 19.0 Å². The van der Waals surface area contributed by atoms with Crippen molar-refractivity contribution in [3.8, 4) is 0 Å². The van der Waals surface area contributed by atoms with Crippen molar-refractivity contribution in [3.05, 3.63) is 0 Å². The van der Waals surface area contributed by atoms with Gasteiger partial charge in [0.15, 0.2) is 0 Å². The molecule has 0 radical (unpaired) electrons. The molecular weight excluding hydrogens is 200 g/mol. The van der Waals surface area contributed by atoms with E-state index in [1.165, 1.54) is 0 Å². The zero-order chi connectivity index (χ0) is 10.8. The summed E-state index contributed by atoms with van der Waals surface area (Å²) in [5.74, 6) is 0.480. The van der Waals surface area contributed by atoms with Crippen LogP contribution in [0, 0.1) is 5.92 Å². The molecule has 0 aliphatic carbocycles. The van der Waals surface area contributed by atoms with Gasteiger partial charge in [0.05, 0.1) is 5.25 Å². The summed E-state index contributed by atoms with van der Waals surface area (Å²) in [5.41, 5.74) is 0.